The lowest BCUT2D eigenvalue weighted by molar-refractivity contribution is -0.142. The number of halogens is 4. The quantitative estimate of drug-likeness (QED) is 0.495. The number of likely N-dealkylation sites (N-methyl/N-ethyl adjacent to an activating group) is 1. The zero-order valence-corrected chi connectivity index (χ0v) is 19.6. The molecular formula is C21H22Cl4N2O3. The predicted molar refractivity (Wildman–Crippen MR) is 122 cm³/mol. The number of carbonyl (C=O) groups is 2. The molecule has 9 heteroatoms. The van der Waals surface area contributed by atoms with Crippen molar-refractivity contribution in [1.29, 1.82) is 0 Å². The minimum Gasteiger partial charge on any atom is -0.482 e. The van der Waals surface area contributed by atoms with E-state index in [1.165, 1.54) is 11.0 Å². The van der Waals surface area contributed by atoms with Crippen LogP contribution in [0.3, 0.4) is 0 Å². The van der Waals surface area contributed by atoms with Crippen molar-refractivity contribution in [2.24, 2.45) is 0 Å². The van der Waals surface area contributed by atoms with Crippen LogP contribution in [0.1, 0.15) is 25.8 Å². The number of hydrogen-bond acceptors (Lipinski definition) is 3. The Hall–Kier alpha value is -1.66. The second-order valence-electron chi connectivity index (χ2n) is 6.40. The van der Waals surface area contributed by atoms with Crippen LogP contribution >= 0.6 is 46.4 Å². The maximum Gasteiger partial charge on any atom is 0.261 e. The molecule has 1 N–H and O–H groups in total. The fourth-order valence-corrected chi connectivity index (χ4v) is 3.86. The average molecular weight is 492 g/mol. The van der Waals surface area contributed by atoms with Gasteiger partial charge in [0, 0.05) is 33.7 Å². The second kappa shape index (κ2) is 11.7. The van der Waals surface area contributed by atoms with Gasteiger partial charge >= 0.3 is 0 Å². The first-order chi connectivity index (χ1) is 14.3. The molecule has 0 aromatic heterocycles. The Labute approximate surface area is 196 Å². The van der Waals surface area contributed by atoms with Crippen LogP contribution in [0.2, 0.25) is 20.1 Å². The predicted octanol–water partition coefficient (Wildman–Crippen LogP) is 5.62. The van der Waals surface area contributed by atoms with Crippen molar-refractivity contribution in [3.8, 4) is 5.75 Å². The van der Waals surface area contributed by atoms with E-state index >= 15 is 0 Å². The molecule has 2 aromatic carbocycles. The molecule has 0 aliphatic heterocycles. The van der Waals surface area contributed by atoms with Gasteiger partial charge in [-0.3, -0.25) is 9.59 Å². The maximum absolute atomic E-state index is 13.1. The molecule has 162 valence electrons. The smallest absolute Gasteiger partial charge is 0.261 e. The average Bonchev–Trinajstić information content (AvgIpc) is 2.69. The molecule has 0 saturated carbocycles. The lowest BCUT2D eigenvalue weighted by Crippen LogP contribution is -2.50. The number of hydrogen-bond donors (Lipinski definition) is 1. The van der Waals surface area contributed by atoms with E-state index in [1.54, 1.807) is 30.3 Å². The molecule has 0 heterocycles. The van der Waals surface area contributed by atoms with Crippen LogP contribution < -0.4 is 10.1 Å². The van der Waals surface area contributed by atoms with Gasteiger partial charge in [0.15, 0.2) is 6.61 Å². The summed E-state index contributed by atoms with van der Waals surface area (Å²) in [6, 6.07) is 9.08. The molecular weight excluding hydrogens is 470 g/mol. The summed E-state index contributed by atoms with van der Waals surface area (Å²) in [5, 5.41) is 4.32. The van der Waals surface area contributed by atoms with Gasteiger partial charge in [0.05, 0.1) is 5.02 Å². The summed E-state index contributed by atoms with van der Waals surface area (Å²) in [7, 11) is 0. The zero-order chi connectivity index (χ0) is 22.3. The van der Waals surface area contributed by atoms with Crippen molar-refractivity contribution in [3.05, 3.63) is 62.1 Å². The fraction of sp³-hybridized carbons (Fsp3) is 0.333. The molecule has 0 fully saturated rings. The third-order valence-electron chi connectivity index (χ3n) is 4.37. The highest BCUT2D eigenvalue weighted by Gasteiger charge is 2.29. The Bertz CT molecular complexity index is 888. The summed E-state index contributed by atoms with van der Waals surface area (Å²) in [6.45, 7) is 3.82. The number of nitrogens with zero attached hydrogens (tertiary/aromatic N) is 1. The summed E-state index contributed by atoms with van der Waals surface area (Å²) < 4.78 is 5.59. The molecule has 0 unspecified atom stereocenters. The van der Waals surface area contributed by atoms with Gasteiger partial charge in [-0.2, -0.15) is 0 Å². The van der Waals surface area contributed by atoms with Gasteiger partial charge in [0.1, 0.15) is 11.8 Å². The second-order valence-corrected chi connectivity index (χ2v) is 8.06. The first-order valence-electron chi connectivity index (χ1n) is 9.36. The molecule has 2 amide bonds. The van der Waals surface area contributed by atoms with Gasteiger partial charge < -0.3 is 15.0 Å². The van der Waals surface area contributed by atoms with E-state index in [2.05, 4.69) is 5.32 Å². The van der Waals surface area contributed by atoms with Crippen LogP contribution in [-0.4, -0.2) is 35.9 Å². The van der Waals surface area contributed by atoms with Crippen molar-refractivity contribution < 1.29 is 14.3 Å². The van der Waals surface area contributed by atoms with Crippen molar-refractivity contribution in [3.63, 3.8) is 0 Å². The molecule has 0 aliphatic carbocycles. The maximum atomic E-state index is 13.1. The summed E-state index contributed by atoms with van der Waals surface area (Å²) in [5.74, 6) is -0.354. The lowest BCUT2D eigenvalue weighted by atomic mass is 10.1. The Morgan fingerprint density at radius 1 is 1.03 bits per heavy atom. The van der Waals surface area contributed by atoms with Gasteiger partial charge in [-0.1, -0.05) is 59.4 Å². The molecule has 0 radical (unpaired) electrons. The number of nitrogens with one attached hydrogen (secondary N) is 1. The van der Waals surface area contributed by atoms with Crippen LogP contribution in [0.4, 0.5) is 0 Å². The van der Waals surface area contributed by atoms with E-state index in [-0.39, 0.29) is 24.1 Å². The van der Waals surface area contributed by atoms with Crippen molar-refractivity contribution in [2.75, 3.05) is 13.2 Å². The normalized spacial score (nSPS) is 11.7. The summed E-state index contributed by atoms with van der Waals surface area (Å²) in [5.41, 5.74) is 0.557. The van der Waals surface area contributed by atoms with Gasteiger partial charge in [-0.05, 0) is 43.7 Å². The van der Waals surface area contributed by atoms with Crippen molar-refractivity contribution in [2.45, 2.75) is 32.9 Å². The van der Waals surface area contributed by atoms with Gasteiger partial charge in [0.25, 0.3) is 5.91 Å². The van der Waals surface area contributed by atoms with Gasteiger partial charge in [0.2, 0.25) is 5.91 Å². The number of rotatable bonds is 9. The number of ether oxygens (including phenoxy) is 1. The van der Waals surface area contributed by atoms with E-state index in [0.29, 0.717) is 39.3 Å². The third-order valence-corrected chi connectivity index (χ3v) is 5.61. The van der Waals surface area contributed by atoms with E-state index in [4.69, 9.17) is 51.1 Å². The first kappa shape index (κ1) is 24.6. The summed E-state index contributed by atoms with van der Waals surface area (Å²) in [4.78, 5) is 27.1. The van der Waals surface area contributed by atoms with E-state index in [0.717, 1.165) is 0 Å². The minimum absolute atomic E-state index is 0.0602. The van der Waals surface area contributed by atoms with Gasteiger partial charge in [-0.25, -0.2) is 0 Å². The highest BCUT2D eigenvalue weighted by atomic mass is 35.5. The minimum atomic E-state index is -0.714. The van der Waals surface area contributed by atoms with Crippen LogP contribution in [0, 0.1) is 0 Å². The highest BCUT2D eigenvalue weighted by molar-refractivity contribution is 6.36. The zero-order valence-electron chi connectivity index (χ0n) is 16.6. The fourth-order valence-electron chi connectivity index (χ4n) is 2.88. The van der Waals surface area contributed by atoms with Crippen molar-refractivity contribution >= 4 is 58.2 Å². The number of amides is 2. The standard InChI is InChI=1S/C21H22Cl4N2O3/c1-3-18(21(29)26-4-2)27(11-14-15(23)6-5-7-16(14)24)20(28)12-30-19-9-8-13(22)10-17(19)25/h5-10,18H,3-4,11-12H2,1-2H3,(H,26,29)/t18-/m1/s1. The molecule has 1 atom stereocenters. The molecule has 0 spiro atoms. The Morgan fingerprint density at radius 2 is 1.70 bits per heavy atom. The largest absolute Gasteiger partial charge is 0.482 e. The topological polar surface area (TPSA) is 58.6 Å². The Kier molecular flexibility index (Phi) is 9.56. The molecule has 0 saturated heterocycles. The number of carbonyl (C=O) groups excluding carboxylic acids is 2. The first-order valence-corrected chi connectivity index (χ1v) is 10.9. The highest BCUT2D eigenvalue weighted by Crippen LogP contribution is 2.29. The van der Waals surface area contributed by atoms with E-state index in [1.807, 2.05) is 13.8 Å². The van der Waals surface area contributed by atoms with Crippen LogP contribution in [-0.2, 0) is 16.1 Å². The Balaban J connectivity index is 2.28. The SMILES string of the molecule is CCNC(=O)[C@@H](CC)N(Cc1c(Cl)cccc1Cl)C(=O)COc1ccc(Cl)cc1Cl. The molecule has 0 aliphatic rings. The molecule has 30 heavy (non-hydrogen) atoms. The Morgan fingerprint density at radius 3 is 2.27 bits per heavy atom. The lowest BCUT2D eigenvalue weighted by Gasteiger charge is -2.31. The van der Waals surface area contributed by atoms with Crippen LogP contribution in [0.25, 0.3) is 0 Å². The van der Waals surface area contributed by atoms with Gasteiger partial charge in [-0.15, -0.1) is 0 Å². The molecule has 2 rings (SSSR count). The van der Waals surface area contributed by atoms with Crippen LogP contribution in [0.5, 0.6) is 5.75 Å². The van der Waals surface area contributed by atoms with Crippen molar-refractivity contribution in [1.82, 2.24) is 10.2 Å². The third kappa shape index (κ3) is 6.42. The molecule has 5 nitrogen and oxygen atoms in total. The van der Waals surface area contributed by atoms with E-state index in [9.17, 15) is 9.59 Å². The summed E-state index contributed by atoms with van der Waals surface area (Å²) >= 11 is 24.6. The molecule has 0 bridgehead atoms. The van der Waals surface area contributed by atoms with Crippen LogP contribution in [0.15, 0.2) is 36.4 Å². The molecule has 2 aromatic rings. The van der Waals surface area contributed by atoms with E-state index < -0.39 is 11.9 Å². The monoisotopic (exact) mass is 490 g/mol. The summed E-state index contributed by atoms with van der Waals surface area (Å²) in [6.07, 6.45) is 0.404. The number of benzene rings is 2.